The molecule has 1 aliphatic carbocycles. The molecular formula is C25H31FN2OS. The van der Waals surface area contributed by atoms with Crippen molar-refractivity contribution in [1.29, 1.82) is 0 Å². The van der Waals surface area contributed by atoms with Gasteiger partial charge in [0.1, 0.15) is 5.82 Å². The highest BCUT2D eigenvalue weighted by atomic mass is 32.1. The molecule has 160 valence electrons. The Balaban J connectivity index is 1.39. The van der Waals surface area contributed by atoms with Gasteiger partial charge in [0.15, 0.2) is 0 Å². The Bertz CT molecular complexity index is 886. The predicted molar refractivity (Wildman–Crippen MR) is 122 cm³/mol. The van der Waals surface area contributed by atoms with Crippen LogP contribution in [0, 0.1) is 18.7 Å². The lowest BCUT2D eigenvalue weighted by Gasteiger charge is -2.30. The summed E-state index contributed by atoms with van der Waals surface area (Å²) in [6, 6.07) is 9.15. The second kappa shape index (κ2) is 9.88. The van der Waals surface area contributed by atoms with Crippen molar-refractivity contribution in [3.63, 3.8) is 0 Å². The van der Waals surface area contributed by atoms with Crippen LogP contribution in [0.15, 0.2) is 41.3 Å². The van der Waals surface area contributed by atoms with Crippen LogP contribution >= 0.6 is 11.3 Å². The first-order valence-corrected chi connectivity index (χ1v) is 12.0. The number of benzene rings is 1. The SMILES string of the molecule is Cc1csc(C(=C2CCN(CCNC(=O)C3CCCC3)CC2)c2ccc(F)cc2)c1. The van der Waals surface area contributed by atoms with Crippen LogP contribution in [0.1, 0.15) is 54.5 Å². The molecule has 1 N–H and O–H groups in total. The van der Waals surface area contributed by atoms with Crippen molar-refractivity contribution >= 4 is 22.8 Å². The number of halogens is 1. The first-order chi connectivity index (χ1) is 14.6. The minimum atomic E-state index is -0.195. The molecule has 3 nitrogen and oxygen atoms in total. The number of piperidine rings is 1. The number of nitrogens with zero attached hydrogens (tertiary/aromatic N) is 1. The molecule has 2 fully saturated rings. The molecule has 1 saturated carbocycles. The molecule has 2 aromatic rings. The minimum absolute atomic E-state index is 0.195. The van der Waals surface area contributed by atoms with Crippen LogP contribution in [0.2, 0.25) is 0 Å². The van der Waals surface area contributed by atoms with Crippen molar-refractivity contribution in [2.24, 2.45) is 5.92 Å². The highest BCUT2D eigenvalue weighted by Gasteiger charge is 2.23. The number of carbonyl (C=O) groups is 1. The fourth-order valence-corrected chi connectivity index (χ4v) is 5.68. The molecule has 2 heterocycles. The van der Waals surface area contributed by atoms with Gasteiger partial charge < -0.3 is 10.2 Å². The van der Waals surface area contributed by atoms with Crippen molar-refractivity contribution in [3.05, 3.63) is 63.1 Å². The lowest BCUT2D eigenvalue weighted by atomic mass is 9.92. The lowest BCUT2D eigenvalue weighted by molar-refractivity contribution is -0.124. The van der Waals surface area contributed by atoms with Gasteiger partial charge in [-0.25, -0.2) is 4.39 Å². The number of thiophene rings is 1. The van der Waals surface area contributed by atoms with Crippen LogP contribution in [0.5, 0.6) is 0 Å². The number of nitrogens with one attached hydrogen (secondary N) is 1. The van der Waals surface area contributed by atoms with Gasteiger partial charge in [0.2, 0.25) is 5.91 Å². The average molecular weight is 427 g/mol. The van der Waals surface area contributed by atoms with Crippen LogP contribution in [-0.4, -0.2) is 37.0 Å². The summed E-state index contributed by atoms with van der Waals surface area (Å²) in [5, 5.41) is 5.32. The van der Waals surface area contributed by atoms with Gasteiger partial charge in [-0.15, -0.1) is 11.3 Å². The van der Waals surface area contributed by atoms with Gasteiger partial charge in [0.05, 0.1) is 0 Å². The van der Waals surface area contributed by atoms with Gasteiger partial charge >= 0.3 is 0 Å². The maximum absolute atomic E-state index is 13.5. The molecule has 30 heavy (non-hydrogen) atoms. The van der Waals surface area contributed by atoms with Crippen LogP contribution in [0.25, 0.3) is 5.57 Å². The first kappa shape index (κ1) is 21.3. The van der Waals surface area contributed by atoms with Gasteiger partial charge in [-0.05, 0) is 72.9 Å². The number of hydrogen-bond acceptors (Lipinski definition) is 3. The van der Waals surface area contributed by atoms with E-state index in [2.05, 4.69) is 28.6 Å². The Hall–Kier alpha value is -1.98. The van der Waals surface area contributed by atoms with E-state index in [0.29, 0.717) is 0 Å². The Morgan fingerprint density at radius 1 is 1.17 bits per heavy atom. The Morgan fingerprint density at radius 2 is 1.87 bits per heavy atom. The van der Waals surface area contributed by atoms with Gasteiger partial charge in [-0.2, -0.15) is 0 Å². The molecule has 1 aromatic carbocycles. The summed E-state index contributed by atoms with van der Waals surface area (Å²) in [7, 11) is 0. The molecule has 2 aliphatic rings. The van der Waals surface area contributed by atoms with Crippen molar-refractivity contribution in [2.45, 2.75) is 45.4 Å². The van der Waals surface area contributed by atoms with E-state index >= 15 is 0 Å². The van der Waals surface area contributed by atoms with E-state index < -0.39 is 0 Å². The molecule has 0 unspecified atom stereocenters. The molecule has 5 heteroatoms. The zero-order valence-corrected chi connectivity index (χ0v) is 18.6. The minimum Gasteiger partial charge on any atom is -0.355 e. The summed E-state index contributed by atoms with van der Waals surface area (Å²) in [5.74, 6) is 0.296. The molecule has 4 rings (SSSR count). The third-order valence-electron chi connectivity index (χ3n) is 6.38. The zero-order valence-electron chi connectivity index (χ0n) is 17.8. The quantitative estimate of drug-likeness (QED) is 0.671. The molecular weight excluding hydrogens is 395 g/mol. The molecule has 0 spiro atoms. The number of carbonyl (C=O) groups excluding carboxylic acids is 1. The summed E-state index contributed by atoms with van der Waals surface area (Å²) >= 11 is 1.77. The lowest BCUT2D eigenvalue weighted by Crippen LogP contribution is -2.39. The first-order valence-electron chi connectivity index (χ1n) is 11.1. The van der Waals surface area contributed by atoms with Crippen molar-refractivity contribution < 1.29 is 9.18 Å². The summed E-state index contributed by atoms with van der Waals surface area (Å²) in [5.41, 5.74) is 5.10. The second-order valence-corrected chi connectivity index (χ2v) is 9.50. The Morgan fingerprint density at radius 3 is 2.50 bits per heavy atom. The number of amides is 1. The van der Waals surface area contributed by atoms with Gasteiger partial charge in [0.25, 0.3) is 0 Å². The molecule has 0 atom stereocenters. The van der Waals surface area contributed by atoms with E-state index in [1.165, 1.54) is 34.4 Å². The van der Waals surface area contributed by atoms with Gasteiger partial charge in [0, 0.05) is 37.0 Å². The van der Waals surface area contributed by atoms with Gasteiger partial charge in [-0.3, -0.25) is 4.79 Å². The van der Waals surface area contributed by atoms with Gasteiger partial charge in [-0.1, -0.05) is 30.5 Å². The van der Waals surface area contributed by atoms with Crippen LogP contribution in [0.3, 0.4) is 0 Å². The molecule has 1 saturated heterocycles. The Labute approximate surface area is 183 Å². The molecule has 0 radical (unpaired) electrons. The third kappa shape index (κ3) is 5.19. The summed E-state index contributed by atoms with van der Waals surface area (Å²) in [4.78, 5) is 15.9. The highest BCUT2D eigenvalue weighted by Crippen LogP contribution is 2.35. The monoisotopic (exact) mass is 426 g/mol. The van der Waals surface area contributed by atoms with Crippen LogP contribution < -0.4 is 5.32 Å². The van der Waals surface area contributed by atoms with E-state index in [0.717, 1.165) is 57.4 Å². The predicted octanol–water partition coefficient (Wildman–Crippen LogP) is 5.40. The largest absolute Gasteiger partial charge is 0.355 e. The second-order valence-electron chi connectivity index (χ2n) is 8.59. The number of hydrogen-bond donors (Lipinski definition) is 1. The maximum atomic E-state index is 13.5. The van der Waals surface area contributed by atoms with Crippen LogP contribution in [0.4, 0.5) is 4.39 Å². The highest BCUT2D eigenvalue weighted by molar-refractivity contribution is 7.11. The standard InChI is InChI=1S/C25H31FN2OS/c1-18-16-23(30-17-18)24(19-6-8-22(26)9-7-19)20-10-13-28(14-11-20)15-12-27-25(29)21-4-2-3-5-21/h6-9,16-17,21H,2-5,10-15H2,1H3,(H,27,29). The molecule has 0 bridgehead atoms. The summed E-state index contributed by atoms with van der Waals surface area (Å²) in [6.45, 7) is 5.78. The van der Waals surface area contributed by atoms with Crippen molar-refractivity contribution in [3.8, 4) is 0 Å². The summed E-state index contributed by atoms with van der Waals surface area (Å²) < 4.78 is 13.5. The molecule has 1 aromatic heterocycles. The fraction of sp³-hybridized carbons (Fsp3) is 0.480. The van der Waals surface area contributed by atoms with E-state index in [-0.39, 0.29) is 17.6 Å². The average Bonchev–Trinajstić information content (AvgIpc) is 3.43. The fourth-order valence-electron chi connectivity index (χ4n) is 4.67. The van der Waals surface area contributed by atoms with E-state index in [1.54, 1.807) is 23.5 Å². The Kier molecular flexibility index (Phi) is 7.00. The molecule has 1 aliphatic heterocycles. The van der Waals surface area contributed by atoms with E-state index in [1.807, 2.05) is 12.1 Å². The maximum Gasteiger partial charge on any atom is 0.223 e. The number of aryl methyl sites for hydroxylation is 1. The third-order valence-corrected chi connectivity index (χ3v) is 7.44. The topological polar surface area (TPSA) is 32.3 Å². The number of likely N-dealkylation sites (tertiary alicyclic amines) is 1. The van der Waals surface area contributed by atoms with Crippen molar-refractivity contribution in [1.82, 2.24) is 10.2 Å². The number of rotatable bonds is 6. The van der Waals surface area contributed by atoms with Crippen LogP contribution in [-0.2, 0) is 4.79 Å². The summed E-state index contributed by atoms with van der Waals surface area (Å²) in [6.07, 6.45) is 6.52. The zero-order chi connectivity index (χ0) is 20.9. The van der Waals surface area contributed by atoms with Crippen molar-refractivity contribution in [2.75, 3.05) is 26.2 Å². The molecule has 1 amide bonds. The van der Waals surface area contributed by atoms with E-state index in [9.17, 15) is 9.18 Å². The normalized spacial score (nSPS) is 18.0. The van der Waals surface area contributed by atoms with E-state index in [4.69, 9.17) is 0 Å². The smallest absolute Gasteiger partial charge is 0.223 e.